The van der Waals surface area contributed by atoms with Crippen LogP contribution < -0.4 is 5.32 Å². The van der Waals surface area contributed by atoms with Crippen LogP contribution in [-0.2, 0) is 22.6 Å². The molecule has 6 heteroatoms. The summed E-state index contributed by atoms with van der Waals surface area (Å²) in [5.41, 5.74) is 2.29. The number of nitrogens with zero attached hydrogens (tertiary/aromatic N) is 2. The van der Waals surface area contributed by atoms with Crippen molar-refractivity contribution in [1.82, 2.24) is 15.1 Å². The van der Waals surface area contributed by atoms with Crippen molar-refractivity contribution in [2.24, 2.45) is 0 Å². The van der Waals surface area contributed by atoms with Crippen LogP contribution in [0.4, 0.5) is 4.79 Å². The van der Waals surface area contributed by atoms with E-state index in [9.17, 15) is 14.4 Å². The molecule has 2 aliphatic rings. The van der Waals surface area contributed by atoms with Gasteiger partial charge in [0.2, 0.25) is 5.91 Å². The summed E-state index contributed by atoms with van der Waals surface area (Å²) in [6, 6.07) is 7.50. The molecule has 1 aromatic rings. The summed E-state index contributed by atoms with van der Waals surface area (Å²) in [6.07, 6.45) is 6.80. The summed E-state index contributed by atoms with van der Waals surface area (Å²) < 4.78 is 0. The highest BCUT2D eigenvalue weighted by Gasteiger charge is 2.46. The second kappa shape index (κ2) is 9.71. The molecule has 0 radical (unpaired) electrons. The third-order valence-corrected chi connectivity index (χ3v) is 5.66. The lowest BCUT2D eigenvalue weighted by Gasteiger charge is -2.28. The second-order valence-corrected chi connectivity index (χ2v) is 7.76. The highest BCUT2D eigenvalue weighted by atomic mass is 16.2. The van der Waals surface area contributed by atoms with Crippen molar-refractivity contribution in [1.29, 1.82) is 0 Å². The monoisotopic (exact) mass is 385 g/mol. The minimum Gasteiger partial charge on any atom is -0.356 e. The average Bonchev–Trinajstić information content (AvgIpc) is 2.93. The molecule has 1 fully saturated rings. The Morgan fingerprint density at radius 1 is 1.07 bits per heavy atom. The van der Waals surface area contributed by atoms with Gasteiger partial charge in [-0.3, -0.25) is 14.5 Å². The maximum Gasteiger partial charge on any atom is 0.327 e. The highest BCUT2D eigenvalue weighted by Crippen LogP contribution is 2.30. The molecule has 1 aromatic carbocycles. The average molecular weight is 386 g/mol. The van der Waals surface area contributed by atoms with Gasteiger partial charge < -0.3 is 10.2 Å². The first-order valence-electron chi connectivity index (χ1n) is 10.6. The SMILES string of the molecule is CCCCCNC(=O)CCCCCN1C(=O)[C@@H]2Cc3ccccc3CN2C1=O. The Labute approximate surface area is 167 Å². The first-order valence-corrected chi connectivity index (χ1v) is 10.6. The van der Waals surface area contributed by atoms with Gasteiger partial charge in [0.1, 0.15) is 6.04 Å². The van der Waals surface area contributed by atoms with Crippen LogP contribution in [-0.4, -0.2) is 46.8 Å². The lowest BCUT2D eigenvalue weighted by molar-refractivity contribution is -0.128. The number of carbonyl (C=O) groups is 3. The van der Waals surface area contributed by atoms with Crippen LogP contribution in [0.3, 0.4) is 0 Å². The van der Waals surface area contributed by atoms with Crippen LogP contribution in [0, 0.1) is 0 Å². The van der Waals surface area contributed by atoms with Crippen molar-refractivity contribution < 1.29 is 14.4 Å². The van der Waals surface area contributed by atoms with E-state index in [0.717, 1.165) is 56.2 Å². The van der Waals surface area contributed by atoms with Gasteiger partial charge >= 0.3 is 6.03 Å². The molecule has 28 heavy (non-hydrogen) atoms. The topological polar surface area (TPSA) is 69.7 Å². The van der Waals surface area contributed by atoms with Crippen molar-refractivity contribution in [3.05, 3.63) is 35.4 Å². The van der Waals surface area contributed by atoms with Crippen LogP contribution in [0.5, 0.6) is 0 Å². The fourth-order valence-corrected chi connectivity index (χ4v) is 4.00. The van der Waals surface area contributed by atoms with E-state index < -0.39 is 0 Å². The Hall–Kier alpha value is -2.37. The zero-order valence-electron chi connectivity index (χ0n) is 16.8. The molecule has 3 rings (SSSR count). The normalized spacial score (nSPS) is 18.2. The molecule has 0 spiro atoms. The molecule has 0 saturated carbocycles. The number of imide groups is 1. The van der Waals surface area contributed by atoms with Crippen molar-refractivity contribution in [2.75, 3.05) is 13.1 Å². The highest BCUT2D eigenvalue weighted by molar-refractivity contribution is 6.04. The summed E-state index contributed by atoms with van der Waals surface area (Å²) in [5.74, 6) is 0.0208. The van der Waals surface area contributed by atoms with E-state index in [0.29, 0.717) is 25.9 Å². The van der Waals surface area contributed by atoms with Gasteiger partial charge in [0.15, 0.2) is 0 Å². The van der Waals surface area contributed by atoms with Crippen LogP contribution in [0.25, 0.3) is 0 Å². The maximum atomic E-state index is 12.7. The van der Waals surface area contributed by atoms with Crippen molar-refractivity contribution in [3.8, 4) is 0 Å². The minimum absolute atomic E-state index is 0.0758. The number of hydrogen-bond acceptors (Lipinski definition) is 3. The molecule has 4 amide bonds. The fraction of sp³-hybridized carbons (Fsp3) is 0.591. The van der Waals surface area contributed by atoms with E-state index in [2.05, 4.69) is 12.2 Å². The Balaban J connectivity index is 1.39. The smallest absolute Gasteiger partial charge is 0.327 e. The number of benzene rings is 1. The molecule has 1 saturated heterocycles. The third kappa shape index (κ3) is 4.72. The zero-order valence-corrected chi connectivity index (χ0v) is 16.8. The first-order chi connectivity index (χ1) is 13.6. The van der Waals surface area contributed by atoms with Gasteiger partial charge in [0.05, 0.1) is 0 Å². The summed E-state index contributed by atoms with van der Waals surface area (Å²) in [5, 5.41) is 2.94. The predicted molar refractivity (Wildman–Crippen MR) is 108 cm³/mol. The number of amides is 4. The van der Waals surface area contributed by atoms with Crippen LogP contribution in [0.1, 0.15) is 63.0 Å². The van der Waals surface area contributed by atoms with E-state index >= 15 is 0 Å². The van der Waals surface area contributed by atoms with Gasteiger partial charge in [-0.25, -0.2) is 4.79 Å². The van der Waals surface area contributed by atoms with Gasteiger partial charge in [-0.2, -0.15) is 0 Å². The van der Waals surface area contributed by atoms with E-state index in [-0.39, 0.29) is 23.9 Å². The molecule has 2 aliphatic heterocycles. The van der Waals surface area contributed by atoms with Crippen LogP contribution >= 0.6 is 0 Å². The zero-order chi connectivity index (χ0) is 19.9. The number of hydrogen-bond donors (Lipinski definition) is 1. The Kier molecular flexibility index (Phi) is 7.06. The number of rotatable bonds is 10. The number of fused-ring (bicyclic) bond motifs is 2. The Morgan fingerprint density at radius 3 is 2.64 bits per heavy atom. The molecule has 1 atom stereocenters. The number of urea groups is 1. The molecule has 0 aliphatic carbocycles. The van der Waals surface area contributed by atoms with Crippen LogP contribution in [0.2, 0.25) is 0 Å². The quantitative estimate of drug-likeness (QED) is 0.496. The Bertz CT molecular complexity index is 676. The molecule has 0 bridgehead atoms. The molecule has 1 N–H and O–H groups in total. The summed E-state index contributed by atoms with van der Waals surface area (Å²) >= 11 is 0. The first kappa shape index (κ1) is 20.4. The van der Waals surface area contributed by atoms with Crippen molar-refractivity contribution in [2.45, 2.75) is 70.9 Å². The van der Waals surface area contributed by atoms with Gasteiger partial charge in [0, 0.05) is 32.5 Å². The molecular formula is C22H31N3O3. The molecule has 0 unspecified atom stereocenters. The standard InChI is InChI=1S/C22H31N3O3/c1-2-3-8-13-23-20(26)12-5-4-9-14-24-21(27)19-15-17-10-6-7-11-18(17)16-25(19)22(24)28/h6-7,10-11,19H,2-5,8-9,12-16H2,1H3,(H,23,26)/t19-/m0/s1. The Morgan fingerprint density at radius 2 is 1.86 bits per heavy atom. The third-order valence-electron chi connectivity index (χ3n) is 5.66. The van der Waals surface area contributed by atoms with Gasteiger partial charge in [-0.15, -0.1) is 0 Å². The van der Waals surface area contributed by atoms with E-state index in [1.807, 2.05) is 24.3 Å². The van der Waals surface area contributed by atoms with Gasteiger partial charge in [-0.05, 0) is 30.4 Å². The van der Waals surface area contributed by atoms with E-state index in [4.69, 9.17) is 0 Å². The number of carbonyl (C=O) groups excluding carboxylic acids is 3. The minimum atomic E-state index is -0.351. The van der Waals surface area contributed by atoms with Crippen molar-refractivity contribution in [3.63, 3.8) is 0 Å². The summed E-state index contributed by atoms with van der Waals surface area (Å²) in [6.45, 7) is 3.85. The molecule has 2 heterocycles. The predicted octanol–water partition coefficient (Wildman–Crippen LogP) is 3.24. The maximum absolute atomic E-state index is 12.7. The second-order valence-electron chi connectivity index (χ2n) is 7.76. The van der Waals surface area contributed by atoms with Gasteiger partial charge in [0.25, 0.3) is 5.91 Å². The van der Waals surface area contributed by atoms with Crippen molar-refractivity contribution >= 4 is 17.8 Å². The van der Waals surface area contributed by atoms with E-state index in [1.54, 1.807) is 4.90 Å². The molecule has 6 nitrogen and oxygen atoms in total. The lowest BCUT2D eigenvalue weighted by Crippen LogP contribution is -2.39. The fourth-order valence-electron chi connectivity index (χ4n) is 4.00. The molecular weight excluding hydrogens is 354 g/mol. The molecule has 0 aromatic heterocycles. The van der Waals surface area contributed by atoms with Gasteiger partial charge in [-0.1, -0.05) is 50.5 Å². The lowest BCUT2D eigenvalue weighted by atomic mass is 9.95. The largest absolute Gasteiger partial charge is 0.356 e. The molecule has 152 valence electrons. The van der Waals surface area contributed by atoms with E-state index in [1.165, 1.54) is 4.90 Å². The summed E-state index contributed by atoms with van der Waals surface area (Å²) in [4.78, 5) is 40.3. The summed E-state index contributed by atoms with van der Waals surface area (Å²) in [7, 11) is 0. The number of unbranched alkanes of at least 4 members (excludes halogenated alkanes) is 4. The number of nitrogens with one attached hydrogen (secondary N) is 1. The van der Waals surface area contributed by atoms with Crippen LogP contribution in [0.15, 0.2) is 24.3 Å².